The number of rotatable bonds is 10. The Hall–Kier alpha value is -3.97. The number of carbonyl (C=O) groups is 1. The van der Waals surface area contributed by atoms with Crippen LogP contribution in [0, 0.1) is 5.82 Å². The molecule has 0 bridgehead atoms. The highest BCUT2D eigenvalue weighted by Gasteiger charge is 2.35. The van der Waals surface area contributed by atoms with Crippen molar-refractivity contribution < 1.29 is 18.8 Å². The maximum atomic E-state index is 14.8. The number of piperazine rings is 1. The molecule has 4 aliphatic rings. The molecule has 0 radical (unpaired) electrons. The smallest absolute Gasteiger partial charge is 0.247 e. The van der Waals surface area contributed by atoms with Crippen molar-refractivity contribution in [3.8, 4) is 5.75 Å². The van der Waals surface area contributed by atoms with Gasteiger partial charge in [-0.3, -0.25) is 19.4 Å². The normalized spacial score (nSPS) is 20.9. The molecular formula is C35H42ClFN8O3. The molecule has 0 spiro atoms. The first-order valence-electron chi connectivity index (χ1n) is 16.7. The second kappa shape index (κ2) is 14.3. The monoisotopic (exact) mass is 676 g/mol. The van der Waals surface area contributed by atoms with Crippen molar-refractivity contribution in [1.82, 2.24) is 19.8 Å². The lowest BCUT2D eigenvalue weighted by molar-refractivity contribution is -0.111. The number of nitrogens with one attached hydrogen (secondary N) is 2. The molecule has 1 atom stereocenters. The van der Waals surface area contributed by atoms with Gasteiger partial charge in [0, 0.05) is 80.5 Å². The molecule has 48 heavy (non-hydrogen) atoms. The lowest BCUT2D eigenvalue weighted by Gasteiger charge is -2.43. The fraction of sp³-hybridized carbons (Fsp3) is 0.457. The Morgan fingerprint density at radius 1 is 0.979 bits per heavy atom. The van der Waals surface area contributed by atoms with Crippen LogP contribution in [0.25, 0.3) is 0 Å². The Balaban J connectivity index is 1.08. The van der Waals surface area contributed by atoms with E-state index in [0.717, 1.165) is 50.7 Å². The van der Waals surface area contributed by atoms with Crippen molar-refractivity contribution in [2.24, 2.45) is 0 Å². The third-order valence-electron chi connectivity index (χ3n) is 9.86. The van der Waals surface area contributed by atoms with Crippen LogP contribution in [0.15, 0.2) is 55.4 Å². The van der Waals surface area contributed by atoms with E-state index >= 15 is 0 Å². The summed E-state index contributed by atoms with van der Waals surface area (Å²) in [5, 5.41) is 8.27. The minimum absolute atomic E-state index is 0.299. The maximum absolute atomic E-state index is 14.8. The van der Waals surface area contributed by atoms with Crippen molar-refractivity contribution >= 4 is 46.2 Å². The molecule has 4 heterocycles. The molecule has 254 valence electrons. The Morgan fingerprint density at radius 3 is 2.38 bits per heavy atom. The van der Waals surface area contributed by atoms with Gasteiger partial charge in [0.2, 0.25) is 5.91 Å². The van der Waals surface area contributed by atoms with Crippen LogP contribution in [0.2, 0.25) is 5.02 Å². The third kappa shape index (κ3) is 7.07. The number of hydroxylamine groups is 1. The lowest BCUT2D eigenvalue weighted by Crippen LogP contribution is -2.53. The van der Waals surface area contributed by atoms with Crippen molar-refractivity contribution in [2.45, 2.75) is 50.2 Å². The summed E-state index contributed by atoms with van der Waals surface area (Å²) in [4.78, 5) is 35.0. The highest BCUT2D eigenvalue weighted by Crippen LogP contribution is 2.41. The minimum Gasteiger partial charge on any atom is -0.494 e. The molecule has 11 nitrogen and oxygen atoms in total. The third-order valence-corrected chi connectivity index (χ3v) is 10.1. The summed E-state index contributed by atoms with van der Waals surface area (Å²) in [6, 6.07) is 11.2. The van der Waals surface area contributed by atoms with Gasteiger partial charge in [0.15, 0.2) is 5.82 Å². The van der Waals surface area contributed by atoms with Crippen LogP contribution in [-0.2, 0) is 9.63 Å². The summed E-state index contributed by atoms with van der Waals surface area (Å²) < 4.78 is 20.7. The molecule has 13 heteroatoms. The summed E-state index contributed by atoms with van der Waals surface area (Å²) in [5.41, 5.74) is 2.63. The van der Waals surface area contributed by atoms with Gasteiger partial charge in [-0.25, -0.2) is 19.4 Å². The number of anilines is 5. The Bertz CT molecular complexity index is 1640. The van der Waals surface area contributed by atoms with Crippen molar-refractivity contribution in [2.75, 3.05) is 73.6 Å². The Labute approximate surface area is 285 Å². The van der Waals surface area contributed by atoms with E-state index in [0.29, 0.717) is 58.4 Å². The van der Waals surface area contributed by atoms with Crippen LogP contribution in [0.4, 0.5) is 33.1 Å². The van der Waals surface area contributed by atoms with Gasteiger partial charge in [0.05, 0.1) is 36.8 Å². The highest BCUT2D eigenvalue weighted by molar-refractivity contribution is 6.30. The molecule has 1 aliphatic carbocycles. The predicted octanol–water partition coefficient (Wildman–Crippen LogP) is 5.78. The molecule has 1 aromatic heterocycles. The number of methoxy groups -OCH3 is 1. The number of hydrogen-bond acceptors (Lipinski definition) is 10. The Morgan fingerprint density at radius 2 is 1.71 bits per heavy atom. The topological polar surface area (TPSA) is 98.3 Å². The SMILES string of the molecule is C=CC(=O)Nc1cc(Nc2cc(N3OCCC3c3ccc(Cl)cc3F)ncn2)c(OC)cc1N1CCC(N2CCN(C3CC3)CC2)CC1. The number of hydrogen-bond donors (Lipinski definition) is 2. The van der Waals surface area contributed by atoms with Crippen LogP contribution in [0.1, 0.15) is 43.7 Å². The summed E-state index contributed by atoms with van der Waals surface area (Å²) in [5.74, 6) is 0.841. The van der Waals surface area contributed by atoms with Crippen molar-refractivity contribution in [3.63, 3.8) is 0 Å². The second-order valence-electron chi connectivity index (χ2n) is 12.8. The summed E-state index contributed by atoms with van der Waals surface area (Å²) in [6.45, 7) is 10.4. The van der Waals surface area contributed by atoms with Crippen LogP contribution < -0.4 is 25.3 Å². The van der Waals surface area contributed by atoms with E-state index in [4.69, 9.17) is 21.2 Å². The molecule has 1 saturated carbocycles. The molecule has 2 N–H and O–H groups in total. The predicted molar refractivity (Wildman–Crippen MR) is 186 cm³/mol. The van der Waals surface area contributed by atoms with Gasteiger partial charge in [0.1, 0.15) is 23.7 Å². The average molecular weight is 677 g/mol. The lowest BCUT2D eigenvalue weighted by atomic mass is 10.0. The average Bonchev–Trinajstić information content (AvgIpc) is 3.85. The molecule has 4 fully saturated rings. The van der Waals surface area contributed by atoms with Crippen molar-refractivity contribution in [3.05, 3.63) is 71.8 Å². The van der Waals surface area contributed by atoms with E-state index in [2.05, 4.69) is 41.9 Å². The Kier molecular flexibility index (Phi) is 9.67. The number of benzene rings is 2. The van der Waals surface area contributed by atoms with Gasteiger partial charge in [-0.15, -0.1) is 0 Å². The molecule has 2 aromatic carbocycles. The van der Waals surface area contributed by atoms with Gasteiger partial charge < -0.3 is 20.3 Å². The largest absolute Gasteiger partial charge is 0.494 e. The number of aromatic nitrogens is 2. The number of nitrogens with zero attached hydrogens (tertiary/aromatic N) is 6. The van der Waals surface area contributed by atoms with Crippen LogP contribution in [-0.4, -0.2) is 90.7 Å². The molecule has 1 unspecified atom stereocenters. The second-order valence-corrected chi connectivity index (χ2v) is 13.2. The molecule has 3 saturated heterocycles. The first-order chi connectivity index (χ1) is 23.4. The van der Waals surface area contributed by atoms with Gasteiger partial charge in [-0.05, 0) is 50.0 Å². The zero-order valence-electron chi connectivity index (χ0n) is 27.2. The van der Waals surface area contributed by atoms with Gasteiger partial charge >= 0.3 is 0 Å². The fourth-order valence-electron chi connectivity index (χ4n) is 7.18. The van der Waals surface area contributed by atoms with E-state index in [-0.39, 0.29) is 11.9 Å². The number of halogens is 2. The zero-order valence-corrected chi connectivity index (χ0v) is 28.0. The number of piperidine rings is 1. The van der Waals surface area contributed by atoms with Gasteiger partial charge in [-0.2, -0.15) is 0 Å². The minimum atomic E-state index is -0.398. The van der Waals surface area contributed by atoms with Gasteiger partial charge in [-0.1, -0.05) is 24.2 Å². The molecule has 3 aliphatic heterocycles. The number of carbonyl (C=O) groups excluding carboxylic acids is 1. The first-order valence-corrected chi connectivity index (χ1v) is 17.1. The van der Waals surface area contributed by atoms with E-state index in [9.17, 15) is 9.18 Å². The van der Waals surface area contributed by atoms with Crippen LogP contribution in [0.3, 0.4) is 0 Å². The van der Waals surface area contributed by atoms with E-state index in [1.807, 2.05) is 12.1 Å². The van der Waals surface area contributed by atoms with Crippen molar-refractivity contribution in [1.29, 1.82) is 0 Å². The summed E-state index contributed by atoms with van der Waals surface area (Å²) in [6.07, 6.45) is 8.12. The van der Waals surface area contributed by atoms with E-state index in [1.54, 1.807) is 30.4 Å². The maximum Gasteiger partial charge on any atom is 0.247 e. The molecule has 3 aromatic rings. The fourth-order valence-corrected chi connectivity index (χ4v) is 7.34. The van der Waals surface area contributed by atoms with Crippen LogP contribution >= 0.6 is 11.6 Å². The quantitative estimate of drug-likeness (QED) is 0.257. The highest BCUT2D eigenvalue weighted by atomic mass is 35.5. The molecular weight excluding hydrogens is 635 g/mol. The van der Waals surface area contributed by atoms with E-state index in [1.165, 1.54) is 44.4 Å². The van der Waals surface area contributed by atoms with E-state index < -0.39 is 5.82 Å². The molecule has 7 rings (SSSR count). The first kappa shape index (κ1) is 32.6. The van der Waals surface area contributed by atoms with Crippen LogP contribution in [0.5, 0.6) is 5.75 Å². The standard InChI is InChI=1S/C35H42ClFN8O3/c1-3-35(46)41-28-19-29(40-33-21-34(39-22-38-33)45-30(10-17-48-45)26-7-4-23(36)18-27(26)37)32(47-2)20-31(28)44-11-8-25(9-12-44)43-15-13-42(14-16-43)24-5-6-24/h3-4,7,18-22,24-25,30H,1,5-6,8-17H2,2H3,(H,41,46)(H,38,39,40). The summed E-state index contributed by atoms with van der Waals surface area (Å²) in [7, 11) is 1.62. The van der Waals surface area contributed by atoms with Gasteiger partial charge in [0.25, 0.3) is 0 Å². The zero-order chi connectivity index (χ0) is 33.2. The summed E-state index contributed by atoms with van der Waals surface area (Å²) >= 11 is 5.99. The number of ether oxygens (including phenoxy) is 1. The molecule has 1 amide bonds. The number of amides is 1.